The van der Waals surface area contributed by atoms with Crippen LogP contribution in [0.4, 0.5) is 0 Å². The van der Waals surface area contributed by atoms with Crippen molar-refractivity contribution < 1.29 is 19.1 Å². The molecule has 1 aliphatic heterocycles. The van der Waals surface area contributed by atoms with Crippen LogP contribution in [0.2, 0.25) is 0 Å². The molecule has 0 radical (unpaired) electrons. The standard InChI is InChI=1S/C28H36N6O4/c1-33(2)28(37)19-12-14-20(15-13-19)34-25(29)23(26(30)35)24(32-34)18-10-8-17(9-11-18)16-31-27(36)21-6-4-5-7-22(21)38-3/h4-11,19-20,24,32H,12-16,29H2,1-3H3,(H2,30,35)(H,31,36). The van der Waals surface area contributed by atoms with E-state index in [1.165, 1.54) is 7.11 Å². The first-order valence-electron chi connectivity index (χ1n) is 12.8. The molecule has 1 unspecified atom stereocenters. The first kappa shape index (κ1) is 27.0. The number of nitrogens with one attached hydrogen (secondary N) is 2. The van der Waals surface area contributed by atoms with Gasteiger partial charge in [-0.1, -0.05) is 36.4 Å². The van der Waals surface area contributed by atoms with Crippen LogP contribution in [0.15, 0.2) is 59.9 Å². The molecule has 10 nitrogen and oxygen atoms in total. The normalized spacial score (nSPS) is 21.2. The van der Waals surface area contributed by atoms with E-state index in [0.29, 0.717) is 29.3 Å². The van der Waals surface area contributed by atoms with E-state index < -0.39 is 11.9 Å². The molecule has 38 heavy (non-hydrogen) atoms. The van der Waals surface area contributed by atoms with Crippen LogP contribution in [0.5, 0.6) is 5.75 Å². The lowest BCUT2D eigenvalue weighted by Crippen LogP contribution is -2.46. The molecule has 10 heteroatoms. The van der Waals surface area contributed by atoms with Gasteiger partial charge in [-0.3, -0.25) is 19.4 Å². The highest BCUT2D eigenvalue weighted by Gasteiger charge is 2.39. The van der Waals surface area contributed by atoms with Crippen LogP contribution < -0.4 is 26.9 Å². The molecule has 1 heterocycles. The van der Waals surface area contributed by atoms with Gasteiger partial charge in [-0.15, -0.1) is 0 Å². The molecule has 202 valence electrons. The maximum atomic E-state index is 12.6. The van der Waals surface area contributed by atoms with Crippen LogP contribution in [-0.4, -0.2) is 54.9 Å². The monoisotopic (exact) mass is 520 g/mol. The second-order valence-corrected chi connectivity index (χ2v) is 9.96. The predicted molar refractivity (Wildman–Crippen MR) is 143 cm³/mol. The van der Waals surface area contributed by atoms with E-state index in [2.05, 4.69) is 10.7 Å². The smallest absolute Gasteiger partial charge is 0.255 e. The average molecular weight is 521 g/mol. The Balaban J connectivity index is 1.42. The predicted octanol–water partition coefficient (Wildman–Crippen LogP) is 1.79. The summed E-state index contributed by atoms with van der Waals surface area (Å²) < 4.78 is 5.27. The van der Waals surface area contributed by atoms with Crippen molar-refractivity contribution >= 4 is 17.7 Å². The molecule has 1 atom stereocenters. The fraction of sp³-hybridized carbons (Fsp3) is 0.393. The zero-order chi connectivity index (χ0) is 27.4. The number of rotatable bonds is 8. The average Bonchev–Trinajstić information content (AvgIpc) is 3.28. The number of methoxy groups -OCH3 is 1. The Bertz CT molecular complexity index is 1220. The topological polar surface area (TPSA) is 143 Å². The molecule has 2 aliphatic rings. The molecule has 0 aromatic heterocycles. The summed E-state index contributed by atoms with van der Waals surface area (Å²) in [7, 11) is 5.09. The molecule has 0 spiro atoms. The van der Waals surface area contributed by atoms with Crippen molar-refractivity contribution in [1.82, 2.24) is 20.7 Å². The molecule has 1 saturated carbocycles. The molecular weight excluding hydrogens is 484 g/mol. The zero-order valence-corrected chi connectivity index (χ0v) is 22.1. The van der Waals surface area contributed by atoms with E-state index in [4.69, 9.17) is 16.2 Å². The van der Waals surface area contributed by atoms with Crippen molar-refractivity contribution in [3.8, 4) is 5.75 Å². The van der Waals surface area contributed by atoms with Gasteiger partial charge in [0.1, 0.15) is 11.6 Å². The third-order valence-electron chi connectivity index (χ3n) is 7.33. The summed E-state index contributed by atoms with van der Waals surface area (Å²) in [5.41, 5.74) is 18.1. The van der Waals surface area contributed by atoms with Crippen LogP contribution >= 0.6 is 0 Å². The van der Waals surface area contributed by atoms with Crippen LogP contribution in [0, 0.1) is 5.92 Å². The molecule has 2 aromatic carbocycles. The van der Waals surface area contributed by atoms with E-state index in [1.807, 2.05) is 35.3 Å². The number of carbonyl (C=O) groups excluding carboxylic acids is 3. The molecule has 0 bridgehead atoms. The van der Waals surface area contributed by atoms with E-state index in [-0.39, 0.29) is 23.8 Å². The number of hydrogen-bond donors (Lipinski definition) is 4. The number of primary amides is 1. The van der Waals surface area contributed by atoms with Crippen LogP contribution in [0.1, 0.15) is 53.2 Å². The highest BCUT2D eigenvalue weighted by molar-refractivity contribution is 5.97. The summed E-state index contributed by atoms with van der Waals surface area (Å²) >= 11 is 0. The lowest BCUT2D eigenvalue weighted by atomic mass is 9.85. The highest BCUT2D eigenvalue weighted by atomic mass is 16.5. The van der Waals surface area contributed by atoms with Crippen LogP contribution in [0.3, 0.4) is 0 Å². The summed E-state index contributed by atoms with van der Waals surface area (Å²) in [5.74, 6) is 0.199. The maximum absolute atomic E-state index is 12.6. The van der Waals surface area contributed by atoms with Gasteiger partial charge in [0, 0.05) is 32.6 Å². The quantitative estimate of drug-likeness (QED) is 0.416. The molecule has 1 aliphatic carbocycles. The molecule has 0 saturated heterocycles. The first-order chi connectivity index (χ1) is 18.2. The van der Waals surface area contributed by atoms with E-state index in [0.717, 1.165) is 36.8 Å². The summed E-state index contributed by atoms with van der Waals surface area (Å²) in [6.07, 6.45) is 3.08. The number of nitrogens with two attached hydrogens (primary N) is 2. The summed E-state index contributed by atoms with van der Waals surface area (Å²) in [6.45, 7) is 0.330. The van der Waals surface area contributed by atoms with Crippen molar-refractivity contribution in [1.29, 1.82) is 0 Å². The summed E-state index contributed by atoms with van der Waals surface area (Å²) in [6, 6.07) is 14.2. The molecule has 6 N–H and O–H groups in total. The third kappa shape index (κ3) is 5.60. The molecule has 2 aromatic rings. The number of carbonyl (C=O) groups is 3. The molecule has 4 rings (SSSR count). The molecule has 1 fully saturated rings. The maximum Gasteiger partial charge on any atom is 0.255 e. The van der Waals surface area contributed by atoms with Crippen molar-refractivity contribution in [3.63, 3.8) is 0 Å². The van der Waals surface area contributed by atoms with Crippen LogP contribution in [-0.2, 0) is 16.1 Å². The van der Waals surface area contributed by atoms with Gasteiger partial charge in [-0.25, -0.2) is 5.43 Å². The Hall–Kier alpha value is -4.05. The van der Waals surface area contributed by atoms with E-state index >= 15 is 0 Å². The van der Waals surface area contributed by atoms with Gasteiger partial charge in [0.15, 0.2) is 0 Å². The van der Waals surface area contributed by atoms with Crippen molar-refractivity contribution in [2.45, 2.75) is 44.3 Å². The fourth-order valence-electron chi connectivity index (χ4n) is 5.25. The van der Waals surface area contributed by atoms with Gasteiger partial charge in [-0.05, 0) is 48.9 Å². The zero-order valence-electron chi connectivity index (χ0n) is 22.1. The van der Waals surface area contributed by atoms with Crippen molar-refractivity contribution in [2.75, 3.05) is 21.2 Å². The lowest BCUT2D eigenvalue weighted by Gasteiger charge is -2.36. The molecule has 3 amide bonds. The number of amides is 3. The Morgan fingerprint density at radius 3 is 2.32 bits per heavy atom. The Kier molecular flexibility index (Phi) is 8.21. The Labute approximate surface area is 222 Å². The third-order valence-corrected chi connectivity index (χ3v) is 7.33. The summed E-state index contributed by atoms with van der Waals surface area (Å²) in [4.78, 5) is 39.0. The minimum Gasteiger partial charge on any atom is -0.496 e. The van der Waals surface area contributed by atoms with Crippen LogP contribution in [0.25, 0.3) is 0 Å². The van der Waals surface area contributed by atoms with E-state index in [9.17, 15) is 14.4 Å². The van der Waals surface area contributed by atoms with Crippen molar-refractivity contribution in [2.24, 2.45) is 17.4 Å². The summed E-state index contributed by atoms with van der Waals surface area (Å²) in [5, 5.41) is 4.76. The second-order valence-electron chi connectivity index (χ2n) is 9.96. The van der Waals surface area contributed by atoms with Crippen molar-refractivity contribution in [3.05, 3.63) is 76.6 Å². The Morgan fingerprint density at radius 2 is 1.71 bits per heavy atom. The van der Waals surface area contributed by atoms with Gasteiger partial charge in [0.05, 0.1) is 24.3 Å². The number of hydrazine groups is 1. The Morgan fingerprint density at radius 1 is 1.05 bits per heavy atom. The van der Waals surface area contributed by atoms with Gasteiger partial charge >= 0.3 is 0 Å². The minimum absolute atomic E-state index is 0.0106. The molecular formula is C28H36N6O4. The van der Waals surface area contributed by atoms with Gasteiger partial charge in [-0.2, -0.15) is 0 Å². The number of ether oxygens (including phenoxy) is 1. The highest BCUT2D eigenvalue weighted by Crippen LogP contribution is 2.36. The number of nitrogens with zero attached hydrogens (tertiary/aromatic N) is 2. The van der Waals surface area contributed by atoms with Gasteiger partial charge < -0.3 is 26.4 Å². The lowest BCUT2D eigenvalue weighted by molar-refractivity contribution is -0.134. The second kappa shape index (κ2) is 11.6. The number of benzene rings is 2. The van der Waals surface area contributed by atoms with Gasteiger partial charge in [0.2, 0.25) is 11.8 Å². The number of hydrogen-bond acceptors (Lipinski definition) is 7. The number of para-hydroxylation sites is 1. The minimum atomic E-state index is -0.577. The fourth-order valence-corrected chi connectivity index (χ4v) is 5.25. The van der Waals surface area contributed by atoms with E-state index in [1.54, 1.807) is 37.2 Å². The first-order valence-corrected chi connectivity index (χ1v) is 12.8. The van der Waals surface area contributed by atoms with Gasteiger partial charge in [0.25, 0.3) is 5.91 Å². The largest absolute Gasteiger partial charge is 0.496 e. The SMILES string of the molecule is COc1ccccc1C(=O)NCc1ccc(C2NN(C3CCC(C(=O)N(C)C)CC3)C(N)=C2C(N)=O)cc1.